The normalized spacial score (nSPS) is 23.9. The van der Waals surface area contributed by atoms with Crippen LogP contribution >= 0.6 is 11.5 Å². The van der Waals surface area contributed by atoms with E-state index in [1.807, 2.05) is 17.2 Å². The van der Waals surface area contributed by atoms with Crippen molar-refractivity contribution < 1.29 is 9.90 Å². The maximum atomic E-state index is 12.5. The van der Waals surface area contributed by atoms with Gasteiger partial charge in [0.2, 0.25) is 5.13 Å². The highest BCUT2D eigenvalue weighted by molar-refractivity contribution is 7.10. The van der Waals surface area contributed by atoms with E-state index >= 15 is 0 Å². The van der Waals surface area contributed by atoms with Gasteiger partial charge < -0.3 is 19.9 Å². The molecule has 2 unspecified atom stereocenters. The van der Waals surface area contributed by atoms with Crippen LogP contribution in [0.2, 0.25) is 0 Å². The molecule has 10 nitrogen and oxygen atoms in total. The predicted molar refractivity (Wildman–Crippen MR) is 104 cm³/mol. The van der Waals surface area contributed by atoms with Crippen LogP contribution in [0, 0.1) is 11.8 Å². The number of carbonyl (C=O) groups is 1. The van der Waals surface area contributed by atoms with Crippen LogP contribution in [-0.2, 0) is 0 Å². The number of nitrogens with zero attached hydrogens (tertiary/aromatic N) is 6. The van der Waals surface area contributed by atoms with Gasteiger partial charge in [0.05, 0.1) is 5.39 Å². The maximum Gasteiger partial charge on any atom is 0.327 e. The van der Waals surface area contributed by atoms with E-state index in [0.29, 0.717) is 23.0 Å². The molecule has 2 atom stereocenters. The average molecular weight is 400 g/mol. The van der Waals surface area contributed by atoms with Crippen molar-refractivity contribution in [2.75, 3.05) is 30.4 Å². The Balaban J connectivity index is 1.23. The minimum Gasteiger partial charge on any atom is -0.478 e. The molecule has 3 aromatic heterocycles. The van der Waals surface area contributed by atoms with Crippen molar-refractivity contribution in [3.8, 4) is 6.01 Å². The van der Waals surface area contributed by atoms with E-state index in [9.17, 15) is 9.90 Å². The number of aromatic amines is 1. The summed E-state index contributed by atoms with van der Waals surface area (Å²) >= 11 is 0.971. The largest absolute Gasteiger partial charge is 0.478 e. The monoisotopic (exact) mass is 400 g/mol. The van der Waals surface area contributed by atoms with Crippen molar-refractivity contribution in [2.24, 2.45) is 11.8 Å². The third-order valence-corrected chi connectivity index (χ3v) is 6.48. The molecular formula is C17H20N8O2S. The fraction of sp³-hybridized carbons (Fsp3) is 0.471. The molecule has 1 saturated carbocycles. The van der Waals surface area contributed by atoms with Gasteiger partial charge in [-0.2, -0.15) is 4.98 Å². The Kier molecular flexibility index (Phi) is 4.04. The number of fused-ring (bicyclic) bond motifs is 2. The van der Waals surface area contributed by atoms with Gasteiger partial charge in [-0.1, -0.05) is 0 Å². The number of rotatable bonds is 3. The first-order chi connectivity index (χ1) is 13.6. The van der Waals surface area contributed by atoms with Crippen molar-refractivity contribution in [1.82, 2.24) is 29.2 Å². The fourth-order valence-corrected chi connectivity index (χ4v) is 4.96. The number of anilines is 2. The van der Waals surface area contributed by atoms with E-state index < -0.39 is 0 Å². The SMILES string of the molecule is CN(c1ncnc2[nH]ccc12)C1CC2CN(C(=O)Nc3nc(O)ns3)CC2C1. The molecule has 2 fully saturated rings. The van der Waals surface area contributed by atoms with Crippen LogP contribution in [0.1, 0.15) is 12.8 Å². The van der Waals surface area contributed by atoms with Crippen molar-refractivity contribution in [1.29, 1.82) is 0 Å². The van der Waals surface area contributed by atoms with E-state index in [4.69, 9.17) is 0 Å². The Morgan fingerprint density at radius 1 is 1.36 bits per heavy atom. The van der Waals surface area contributed by atoms with Crippen LogP contribution < -0.4 is 10.2 Å². The van der Waals surface area contributed by atoms with Gasteiger partial charge in [0.1, 0.15) is 17.8 Å². The van der Waals surface area contributed by atoms with Gasteiger partial charge >= 0.3 is 12.0 Å². The number of hydrogen-bond donors (Lipinski definition) is 3. The fourth-order valence-electron chi connectivity index (χ4n) is 4.50. The Labute approximate surface area is 164 Å². The zero-order valence-corrected chi connectivity index (χ0v) is 16.1. The van der Waals surface area contributed by atoms with E-state index in [1.165, 1.54) is 0 Å². The van der Waals surface area contributed by atoms with Gasteiger partial charge in [-0.05, 0) is 30.7 Å². The smallest absolute Gasteiger partial charge is 0.327 e. The van der Waals surface area contributed by atoms with Crippen LogP contribution in [-0.4, -0.2) is 66.5 Å². The first-order valence-corrected chi connectivity index (χ1v) is 9.95. The van der Waals surface area contributed by atoms with Gasteiger partial charge in [0, 0.05) is 43.9 Å². The second kappa shape index (κ2) is 6.59. The van der Waals surface area contributed by atoms with Crippen molar-refractivity contribution in [3.05, 3.63) is 18.6 Å². The van der Waals surface area contributed by atoms with E-state index in [1.54, 1.807) is 6.33 Å². The number of hydrogen-bond acceptors (Lipinski definition) is 8. The lowest BCUT2D eigenvalue weighted by Crippen LogP contribution is -2.36. The summed E-state index contributed by atoms with van der Waals surface area (Å²) in [6.07, 6.45) is 5.53. The molecule has 2 aliphatic rings. The summed E-state index contributed by atoms with van der Waals surface area (Å²) in [5, 5.41) is 13.3. The number of urea groups is 1. The number of nitrogens with one attached hydrogen (secondary N) is 2. The summed E-state index contributed by atoms with van der Waals surface area (Å²) in [4.78, 5) is 32.2. The number of aromatic hydroxyl groups is 1. The van der Waals surface area contributed by atoms with Crippen LogP contribution in [0.4, 0.5) is 15.7 Å². The predicted octanol–water partition coefficient (Wildman–Crippen LogP) is 1.89. The molecule has 1 saturated heterocycles. The number of amides is 2. The highest BCUT2D eigenvalue weighted by atomic mass is 32.1. The molecule has 3 N–H and O–H groups in total. The van der Waals surface area contributed by atoms with Gasteiger partial charge in [-0.15, -0.1) is 4.37 Å². The number of aromatic nitrogens is 5. The quantitative estimate of drug-likeness (QED) is 0.613. The molecule has 146 valence electrons. The third kappa shape index (κ3) is 2.91. The zero-order valence-electron chi connectivity index (χ0n) is 15.2. The molecule has 0 radical (unpaired) electrons. The maximum absolute atomic E-state index is 12.5. The summed E-state index contributed by atoms with van der Waals surface area (Å²) in [7, 11) is 2.09. The molecule has 0 bridgehead atoms. The summed E-state index contributed by atoms with van der Waals surface area (Å²) in [6, 6.07) is 1.91. The second-order valence-corrected chi connectivity index (χ2v) is 8.18. The van der Waals surface area contributed by atoms with Crippen LogP contribution in [0.3, 0.4) is 0 Å². The Morgan fingerprint density at radius 2 is 2.14 bits per heavy atom. The Hall–Kier alpha value is -2.95. The lowest BCUT2D eigenvalue weighted by Gasteiger charge is -2.27. The lowest BCUT2D eigenvalue weighted by atomic mass is 10.0. The average Bonchev–Trinajstić information content (AvgIpc) is 3.43. The van der Waals surface area contributed by atoms with Crippen molar-refractivity contribution >= 4 is 39.5 Å². The topological polar surface area (TPSA) is 123 Å². The minimum atomic E-state index is -0.314. The molecule has 1 aliphatic carbocycles. The number of carbonyl (C=O) groups excluding carboxylic acids is 1. The van der Waals surface area contributed by atoms with Crippen molar-refractivity contribution in [3.63, 3.8) is 0 Å². The molecule has 11 heteroatoms. The summed E-state index contributed by atoms with van der Waals surface area (Å²) < 4.78 is 3.66. The Morgan fingerprint density at radius 3 is 2.86 bits per heavy atom. The van der Waals surface area contributed by atoms with E-state index in [-0.39, 0.29) is 12.0 Å². The van der Waals surface area contributed by atoms with Gasteiger partial charge in [-0.3, -0.25) is 5.32 Å². The first-order valence-electron chi connectivity index (χ1n) is 9.18. The molecule has 1 aliphatic heterocycles. The first kappa shape index (κ1) is 17.2. The molecular weight excluding hydrogens is 380 g/mol. The lowest BCUT2D eigenvalue weighted by molar-refractivity contribution is 0.218. The van der Waals surface area contributed by atoms with E-state index in [0.717, 1.165) is 54.3 Å². The second-order valence-electron chi connectivity index (χ2n) is 7.43. The molecule has 0 aromatic carbocycles. The van der Waals surface area contributed by atoms with Crippen LogP contribution in [0.15, 0.2) is 18.6 Å². The molecule has 28 heavy (non-hydrogen) atoms. The van der Waals surface area contributed by atoms with Gasteiger partial charge in [0.25, 0.3) is 0 Å². The molecule has 4 heterocycles. The molecule has 2 amide bonds. The van der Waals surface area contributed by atoms with Crippen LogP contribution in [0.5, 0.6) is 6.01 Å². The molecule has 5 rings (SSSR count). The highest BCUT2D eigenvalue weighted by Gasteiger charge is 2.44. The standard InChI is InChI=1S/C17H20N8O2S/c1-24(14-12-2-3-18-13(12)19-8-20-14)11-4-9-6-25(7-10(9)5-11)17(27)22-16-21-15(26)23-28-16/h2-3,8-11H,4-7H2,1H3,(H,18,19,20)(H2,21,22,23,26,27). The summed E-state index contributed by atoms with van der Waals surface area (Å²) in [5.41, 5.74) is 0.848. The number of H-pyrrole nitrogens is 1. The van der Waals surface area contributed by atoms with Crippen LogP contribution in [0.25, 0.3) is 11.0 Å². The van der Waals surface area contributed by atoms with E-state index in [2.05, 4.69) is 41.6 Å². The molecule has 3 aromatic rings. The van der Waals surface area contributed by atoms with Gasteiger partial charge in [0.15, 0.2) is 0 Å². The Bertz CT molecular complexity index is 1010. The third-order valence-electron chi connectivity index (χ3n) is 5.86. The zero-order chi connectivity index (χ0) is 19.3. The summed E-state index contributed by atoms with van der Waals surface area (Å²) in [6.45, 7) is 1.46. The number of likely N-dealkylation sites (tertiary alicyclic amines) is 1. The summed E-state index contributed by atoms with van der Waals surface area (Å²) in [5.74, 6) is 1.90. The highest BCUT2D eigenvalue weighted by Crippen LogP contribution is 2.41. The molecule has 0 spiro atoms. The van der Waals surface area contributed by atoms with Gasteiger partial charge in [-0.25, -0.2) is 14.8 Å². The van der Waals surface area contributed by atoms with Crippen molar-refractivity contribution in [2.45, 2.75) is 18.9 Å². The minimum absolute atomic E-state index is 0.180.